The van der Waals surface area contributed by atoms with E-state index < -0.39 is 15.4 Å². The molecule has 1 aromatic carbocycles. The SMILES string of the molecule is CC1(C)CS(=O)(=O)c2cccc(N)c2N1. The standard InChI is InChI=1S/C10H14N2O2S/c1-10(2)6-15(13,14)8-5-3-4-7(11)9(8)12-10/h3-5,12H,6,11H2,1-2H3. The van der Waals surface area contributed by atoms with Crippen molar-refractivity contribution in [1.82, 2.24) is 0 Å². The van der Waals surface area contributed by atoms with Gasteiger partial charge in [0, 0.05) is 5.54 Å². The van der Waals surface area contributed by atoms with Crippen LogP contribution in [0.4, 0.5) is 11.4 Å². The fourth-order valence-corrected chi connectivity index (χ4v) is 3.81. The Balaban J connectivity index is 2.71. The minimum atomic E-state index is -3.21. The number of sulfone groups is 1. The summed E-state index contributed by atoms with van der Waals surface area (Å²) in [5, 5.41) is 3.16. The zero-order valence-corrected chi connectivity index (χ0v) is 9.56. The topological polar surface area (TPSA) is 72.2 Å². The summed E-state index contributed by atoms with van der Waals surface area (Å²) in [5.74, 6) is 0.0937. The van der Waals surface area contributed by atoms with Gasteiger partial charge in [-0.3, -0.25) is 0 Å². The quantitative estimate of drug-likeness (QED) is 0.653. The molecule has 82 valence electrons. The van der Waals surface area contributed by atoms with Crippen molar-refractivity contribution in [2.24, 2.45) is 0 Å². The smallest absolute Gasteiger partial charge is 0.182 e. The van der Waals surface area contributed by atoms with Gasteiger partial charge in [0.25, 0.3) is 0 Å². The van der Waals surface area contributed by atoms with Crippen molar-refractivity contribution in [1.29, 1.82) is 0 Å². The lowest BCUT2D eigenvalue weighted by atomic mass is 10.1. The number of rotatable bonds is 0. The van der Waals surface area contributed by atoms with Crippen LogP contribution in [0.25, 0.3) is 0 Å². The van der Waals surface area contributed by atoms with E-state index in [9.17, 15) is 8.42 Å². The minimum Gasteiger partial charge on any atom is -0.397 e. The molecule has 0 saturated carbocycles. The van der Waals surface area contributed by atoms with Gasteiger partial charge < -0.3 is 11.1 Å². The number of anilines is 2. The highest BCUT2D eigenvalue weighted by Crippen LogP contribution is 2.36. The normalized spacial score (nSPS) is 21.5. The van der Waals surface area contributed by atoms with E-state index in [1.54, 1.807) is 18.2 Å². The second-order valence-electron chi connectivity index (χ2n) is 4.49. The van der Waals surface area contributed by atoms with E-state index in [2.05, 4.69) is 5.32 Å². The maximum Gasteiger partial charge on any atom is 0.182 e. The van der Waals surface area contributed by atoms with Crippen LogP contribution in [0, 0.1) is 0 Å². The number of hydrogen-bond acceptors (Lipinski definition) is 4. The molecule has 0 amide bonds. The molecule has 1 aliphatic rings. The first kappa shape index (κ1) is 10.3. The fraction of sp³-hybridized carbons (Fsp3) is 0.400. The lowest BCUT2D eigenvalue weighted by Gasteiger charge is -2.33. The predicted molar refractivity (Wildman–Crippen MR) is 60.6 cm³/mol. The Bertz CT molecular complexity index is 506. The average Bonchev–Trinajstić information content (AvgIpc) is 2.04. The fourth-order valence-electron chi connectivity index (χ4n) is 1.87. The summed E-state index contributed by atoms with van der Waals surface area (Å²) < 4.78 is 23.9. The summed E-state index contributed by atoms with van der Waals surface area (Å²) in [7, 11) is -3.21. The summed E-state index contributed by atoms with van der Waals surface area (Å²) in [4.78, 5) is 0.307. The predicted octanol–water partition coefficient (Wildman–Crippen LogP) is 1.25. The van der Waals surface area contributed by atoms with Crippen LogP contribution >= 0.6 is 0 Å². The molecular formula is C10H14N2O2S. The zero-order chi connectivity index (χ0) is 11.3. The third-order valence-corrected chi connectivity index (χ3v) is 4.52. The number of benzene rings is 1. The highest BCUT2D eigenvalue weighted by Gasteiger charge is 2.35. The number of nitrogens with one attached hydrogen (secondary N) is 1. The van der Waals surface area contributed by atoms with Crippen LogP contribution in [0.1, 0.15) is 13.8 Å². The third-order valence-electron chi connectivity index (χ3n) is 2.41. The Kier molecular flexibility index (Phi) is 1.98. The molecule has 0 bridgehead atoms. The second kappa shape index (κ2) is 2.88. The summed E-state index contributed by atoms with van der Waals surface area (Å²) in [6, 6.07) is 4.94. The number of para-hydroxylation sites is 1. The molecular weight excluding hydrogens is 212 g/mol. The number of nitrogen functional groups attached to an aromatic ring is 1. The van der Waals surface area contributed by atoms with E-state index in [4.69, 9.17) is 5.73 Å². The molecule has 0 saturated heterocycles. The van der Waals surface area contributed by atoms with Crippen molar-refractivity contribution >= 4 is 21.2 Å². The average molecular weight is 226 g/mol. The highest BCUT2D eigenvalue weighted by atomic mass is 32.2. The Labute approximate surface area is 89.4 Å². The highest BCUT2D eigenvalue weighted by molar-refractivity contribution is 7.91. The molecule has 1 aromatic rings. The monoisotopic (exact) mass is 226 g/mol. The zero-order valence-electron chi connectivity index (χ0n) is 8.74. The van der Waals surface area contributed by atoms with E-state index >= 15 is 0 Å². The van der Waals surface area contributed by atoms with E-state index in [0.29, 0.717) is 16.3 Å². The number of nitrogens with two attached hydrogens (primary N) is 1. The van der Waals surface area contributed by atoms with E-state index in [-0.39, 0.29) is 5.75 Å². The van der Waals surface area contributed by atoms with Crippen LogP contribution in [-0.2, 0) is 9.84 Å². The lowest BCUT2D eigenvalue weighted by molar-refractivity contribution is 0.556. The molecule has 4 nitrogen and oxygen atoms in total. The van der Waals surface area contributed by atoms with Gasteiger partial charge in [0.15, 0.2) is 9.84 Å². The van der Waals surface area contributed by atoms with Gasteiger partial charge in [-0.05, 0) is 26.0 Å². The first-order chi connectivity index (χ1) is 6.82. The maximum atomic E-state index is 11.9. The molecule has 0 radical (unpaired) electrons. The molecule has 1 aliphatic heterocycles. The summed E-state index contributed by atoms with van der Waals surface area (Å²) in [6.45, 7) is 3.69. The summed E-state index contributed by atoms with van der Waals surface area (Å²) in [5.41, 5.74) is 6.30. The molecule has 1 heterocycles. The largest absolute Gasteiger partial charge is 0.397 e. The van der Waals surface area contributed by atoms with Crippen LogP contribution in [0.2, 0.25) is 0 Å². The molecule has 5 heteroatoms. The molecule has 0 spiro atoms. The maximum absolute atomic E-state index is 11.9. The molecule has 0 unspecified atom stereocenters. The molecule has 3 N–H and O–H groups in total. The van der Waals surface area contributed by atoms with Crippen molar-refractivity contribution in [2.75, 3.05) is 16.8 Å². The number of hydrogen-bond donors (Lipinski definition) is 2. The van der Waals surface area contributed by atoms with Crippen molar-refractivity contribution in [2.45, 2.75) is 24.3 Å². The van der Waals surface area contributed by atoms with Gasteiger partial charge in [0.05, 0.1) is 22.0 Å². The Hall–Kier alpha value is -1.23. The van der Waals surface area contributed by atoms with Gasteiger partial charge in [-0.2, -0.15) is 0 Å². The van der Waals surface area contributed by atoms with E-state index in [1.165, 1.54) is 0 Å². The molecule has 0 atom stereocenters. The summed E-state index contributed by atoms with van der Waals surface area (Å²) >= 11 is 0. The van der Waals surface area contributed by atoms with Gasteiger partial charge in [-0.1, -0.05) is 6.07 Å². The van der Waals surface area contributed by atoms with Gasteiger partial charge in [0.2, 0.25) is 0 Å². The van der Waals surface area contributed by atoms with E-state index in [1.807, 2.05) is 13.8 Å². The third kappa shape index (κ3) is 1.67. The van der Waals surface area contributed by atoms with Gasteiger partial charge in [0.1, 0.15) is 0 Å². The molecule has 0 aromatic heterocycles. The molecule has 0 aliphatic carbocycles. The van der Waals surface area contributed by atoms with E-state index in [0.717, 1.165) is 0 Å². The summed E-state index contributed by atoms with van der Waals surface area (Å²) in [6.07, 6.45) is 0. The van der Waals surface area contributed by atoms with Crippen molar-refractivity contribution in [3.63, 3.8) is 0 Å². The van der Waals surface area contributed by atoms with Crippen LogP contribution in [0.3, 0.4) is 0 Å². The molecule has 0 fully saturated rings. The Morgan fingerprint density at radius 1 is 1.40 bits per heavy atom. The van der Waals surface area contributed by atoms with Crippen LogP contribution in [0.5, 0.6) is 0 Å². The Morgan fingerprint density at radius 3 is 2.73 bits per heavy atom. The van der Waals surface area contributed by atoms with Gasteiger partial charge >= 0.3 is 0 Å². The second-order valence-corrected chi connectivity index (χ2v) is 6.45. The van der Waals surface area contributed by atoms with Crippen molar-refractivity contribution in [3.05, 3.63) is 18.2 Å². The van der Waals surface area contributed by atoms with Gasteiger partial charge in [-0.25, -0.2) is 8.42 Å². The van der Waals surface area contributed by atoms with Gasteiger partial charge in [-0.15, -0.1) is 0 Å². The Morgan fingerprint density at radius 2 is 2.07 bits per heavy atom. The first-order valence-electron chi connectivity index (χ1n) is 4.71. The number of fused-ring (bicyclic) bond motifs is 1. The van der Waals surface area contributed by atoms with Crippen LogP contribution < -0.4 is 11.1 Å². The van der Waals surface area contributed by atoms with Crippen molar-refractivity contribution < 1.29 is 8.42 Å². The first-order valence-corrected chi connectivity index (χ1v) is 6.36. The van der Waals surface area contributed by atoms with Crippen LogP contribution in [-0.4, -0.2) is 19.7 Å². The van der Waals surface area contributed by atoms with Crippen molar-refractivity contribution in [3.8, 4) is 0 Å². The van der Waals surface area contributed by atoms with Crippen LogP contribution in [0.15, 0.2) is 23.1 Å². The molecule has 2 rings (SSSR count). The molecule has 15 heavy (non-hydrogen) atoms. The minimum absolute atomic E-state index is 0.0937. The lowest BCUT2D eigenvalue weighted by Crippen LogP contribution is -2.43.